The van der Waals surface area contributed by atoms with E-state index < -0.39 is 12.0 Å². The van der Waals surface area contributed by atoms with Crippen LogP contribution in [0.15, 0.2) is 0 Å². The van der Waals surface area contributed by atoms with Gasteiger partial charge in [0, 0.05) is 26.2 Å². The number of aliphatic carboxylic acids is 1. The summed E-state index contributed by atoms with van der Waals surface area (Å²) in [5.41, 5.74) is 0. The number of amides is 1. The molecule has 6 heteroatoms. The number of nitrogens with zero attached hydrogens (tertiary/aromatic N) is 1. The first-order chi connectivity index (χ1) is 8.00. The number of nitrogens with one attached hydrogen (secondary N) is 2. The third-order valence-electron chi connectivity index (χ3n) is 2.69. The molecule has 0 aromatic heterocycles. The molecule has 0 saturated carbocycles. The molecule has 1 aliphatic heterocycles. The fraction of sp³-hybridized carbons (Fsp3) is 0.818. The van der Waals surface area contributed by atoms with Crippen molar-refractivity contribution in [3.8, 4) is 0 Å². The number of hydrogen-bond acceptors (Lipinski definition) is 4. The molecule has 6 nitrogen and oxygen atoms in total. The second kappa shape index (κ2) is 6.56. The average Bonchev–Trinajstić information content (AvgIpc) is 2.27. The molecule has 0 aliphatic carbocycles. The lowest BCUT2D eigenvalue weighted by atomic mass is 10.2. The lowest BCUT2D eigenvalue weighted by Gasteiger charge is -2.32. The van der Waals surface area contributed by atoms with Gasteiger partial charge in [-0.2, -0.15) is 0 Å². The van der Waals surface area contributed by atoms with E-state index in [1.54, 1.807) is 4.90 Å². The van der Waals surface area contributed by atoms with Crippen LogP contribution < -0.4 is 10.6 Å². The van der Waals surface area contributed by atoms with E-state index in [1.807, 2.05) is 13.8 Å². The third kappa shape index (κ3) is 4.70. The number of piperazine rings is 1. The maximum atomic E-state index is 11.6. The van der Waals surface area contributed by atoms with Crippen molar-refractivity contribution in [1.82, 2.24) is 15.5 Å². The van der Waals surface area contributed by atoms with E-state index in [2.05, 4.69) is 10.6 Å². The Kier molecular flexibility index (Phi) is 5.37. The van der Waals surface area contributed by atoms with Crippen LogP contribution in [0.3, 0.4) is 0 Å². The van der Waals surface area contributed by atoms with Crippen LogP contribution in [0.1, 0.15) is 13.8 Å². The summed E-state index contributed by atoms with van der Waals surface area (Å²) in [4.78, 5) is 24.3. The second-order valence-electron chi connectivity index (χ2n) is 4.73. The molecule has 1 fully saturated rings. The Morgan fingerprint density at radius 3 is 2.82 bits per heavy atom. The van der Waals surface area contributed by atoms with Crippen molar-refractivity contribution in [2.24, 2.45) is 5.92 Å². The first kappa shape index (κ1) is 13.9. The molecule has 1 amide bonds. The number of rotatable bonds is 5. The van der Waals surface area contributed by atoms with E-state index >= 15 is 0 Å². The number of carboxylic acids is 1. The summed E-state index contributed by atoms with van der Waals surface area (Å²) >= 11 is 0. The zero-order chi connectivity index (χ0) is 12.8. The van der Waals surface area contributed by atoms with Gasteiger partial charge in [-0.05, 0) is 5.92 Å². The van der Waals surface area contributed by atoms with Crippen molar-refractivity contribution >= 4 is 11.9 Å². The highest BCUT2D eigenvalue weighted by Gasteiger charge is 2.29. The summed E-state index contributed by atoms with van der Waals surface area (Å²) in [5, 5.41) is 14.8. The number of hydrogen-bond donors (Lipinski definition) is 3. The van der Waals surface area contributed by atoms with Crippen LogP contribution >= 0.6 is 0 Å². The summed E-state index contributed by atoms with van der Waals surface area (Å²) in [7, 11) is 0. The SMILES string of the molecule is CC(C)CNC(=O)CN1CCNCC1C(=O)O. The van der Waals surface area contributed by atoms with Crippen molar-refractivity contribution in [3.63, 3.8) is 0 Å². The molecular formula is C11H21N3O3. The Bertz CT molecular complexity index is 281. The summed E-state index contributed by atoms with van der Waals surface area (Å²) in [6.45, 7) is 6.53. The molecule has 0 spiro atoms. The number of carbonyl (C=O) groups is 2. The van der Waals surface area contributed by atoms with Crippen LogP contribution in [0.25, 0.3) is 0 Å². The Balaban J connectivity index is 2.42. The van der Waals surface area contributed by atoms with Gasteiger partial charge >= 0.3 is 5.97 Å². The van der Waals surface area contributed by atoms with Crippen molar-refractivity contribution in [3.05, 3.63) is 0 Å². The number of carbonyl (C=O) groups excluding carboxylic acids is 1. The van der Waals surface area contributed by atoms with Crippen LogP contribution in [0, 0.1) is 5.92 Å². The second-order valence-corrected chi connectivity index (χ2v) is 4.73. The fourth-order valence-electron chi connectivity index (χ4n) is 1.74. The largest absolute Gasteiger partial charge is 0.480 e. The molecule has 98 valence electrons. The molecule has 3 N–H and O–H groups in total. The number of carboxylic acid groups (broad SMARTS) is 1. The van der Waals surface area contributed by atoms with Crippen molar-refractivity contribution in [2.75, 3.05) is 32.7 Å². The maximum absolute atomic E-state index is 11.6. The highest BCUT2D eigenvalue weighted by atomic mass is 16.4. The molecule has 1 atom stereocenters. The normalized spacial score (nSPS) is 21.5. The lowest BCUT2D eigenvalue weighted by Crippen LogP contribution is -2.57. The third-order valence-corrected chi connectivity index (χ3v) is 2.69. The van der Waals surface area contributed by atoms with Crippen LogP contribution in [-0.2, 0) is 9.59 Å². The van der Waals surface area contributed by atoms with Crippen LogP contribution in [-0.4, -0.2) is 60.6 Å². The predicted octanol–water partition coefficient (Wildman–Crippen LogP) is -0.883. The van der Waals surface area contributed by atoms with Gasteiger partial charge in [-0.1, -0.05) is 13.8 Å². The van der Waals surface area contributed by atoms with Gasteiger partial charge in [-0.15, -0.1) is 0 Å². The van der Waals surface area contributed by atoms with Gasteiger partial charge < -0.3 is 15.7 Å². The molecule has 0 radical (unpaired) electrons. The van der Waals surface area contributed by atoms with Gasteiger partial charge in [0.25, 0.3) is 0 Å². The maximum Gasteiger partial charge on any atom is 0.322 e. The molecule has 1 unspecified atom stereocenters. The van der Waals surface area contributed by atoms with Crippen molar-refractivity contribution in [1.29, 1.82) is 0 Å². The first-order valence-corrected chi connectivity index (χ1v) is 5.95. The molecule has 0 aromatic carbocycles. The van der Waals surface area contributed by atoms with E-state index in [-0.39, 0.29) is 12.5 Å². The van der Waals surface area contributed by atoms with Crippen LogP contribution in [0.2, 0.25) is 0 Å². The topological polar surface area (TPSA) is 81.7 Å². The molecule has 1 rings (SSSR count). The van der Waals surface area contributed by atoms with Gasteiger partial charge in [0.05, 0.1) is 6.54 Å². The summed E-state index contributed by atoms with van der Waals surface area (Å²) in [5.74, 6) is -0.585. The minimum absolute atomic E-state index is 0.105. The molecular weight excluding hydrogens is 222 g/mol. The van der Waals surface area contributed by atoms with Crippen molar-refractivity contribution < 1.29 is 14.7 Å². The van der Waals surface area contributed by atoms with Crippen LogP contribution in [0.4, 0.5) is 0 Å². The van der Waals surface area contributed by atoms with E-state index in [0.717, 1.165) is 6.54 Å². The zero-order valence-electron chi connectivity index (χ0n) is 10.4. The first-order valence-electron chi connectivity index (χ1n) is 5.95. The molecule has 0 aromatic rings. The predicted molar refractivity (Wildman–Crippen MR) is 63.7 cm³/mol. The minimum atomic E-state index is -0.881. The standard InChI is InChI=1S/C11H21N3O3/c1-8(2)5-13-10(15)7-14-4-3-12-6-9(14)11(16)17/h8-9,12H,3-7H2,1-2H3,(H,13,15)(H,16,17). The quantitative estimate of drug-likeness (QED) is 0.584. The zero-order valence-corrected chi connectivity index (χ0v) is 10.4. The average molecular weight is 243 g/mol. The molecule has 1 saturated heterocycles. The summed E-state index contributed by atoms with van der Waals surface area (Å²) < 4.78 is 0. The summed E-state index contributed by atoms with van der Waals surface area (Å²) in [6.07, 6.45) is 0. The van der Waals surface area contributed by atoms with Crippen LogP contribution in [0.5, 0.6) is 0 Å². The molecule has 0 bridgehead atoms. The van der Waals surface area contributed by atoms with Gasteiger partial charge in [0.15, 0.2) is 0 Å². The van der Waals surface area contributed by atoms with Gasteiger partial charge in [0.2, 0.25) is 5.91 Å². The van der Waals surface area contributed by atoms with E-state index in [0.29, 0.717) is 25.6 Å². The van der Waals surface area contributed by atoms with Gasteiger partial charge in [-0.25, -0.2) is 0 Å². The lowest BCUT2D eigenvalue weighted by molar-refractivity contribution is -0.144. The van der Waals surface area contributed by atoms with E-state index in [9.17, 15) is 9.59 Å². The monoisotopic (exact) mass is 243 g/mol. The summed E-state index contributed by atoms with van der Waals surface area (Å²) in [6, 6.07) is -0.603. The smallest absolute Gasteiger partial charge is 0.322 e. The Morgan fingerprint density at radius 1 is 1.53 bits per heavy atom. The van der Waals surface area contributed by atoms with Gasteiger partial charge in [0.1, 0.15) is 6.04 Å². The fourth-order valence-corrected chi connectivity index (χ4v) is 1.74. The van der Waals surface area contributed by atoms with E-state index in [4.69, 9.17) is 5.11 Å². The molecule has 1 aliphatic rings. The van der Waals surface area contributed by atoms with Gasteiger partial charge in [-0.3, -0.25) is 14.5 Å². The van der Waals surface area contributed by atoms with E-state index in [1.165, 1.54) is 0 Å². The Labute approximate surface area is 101 Å². The molecule has 1 heterocycles. The molecule has 17 heavy (non-hydrogen) atoms. The Hall–Kier alpha value is -1.14. The van der Waals surface area contributed by atoms with Crippen molar-refractivity contribution in [2.45, 2.75) is 19.9 Å². The highest BCUT2D eigenvalue weighted by Crippen LogP contribution is 2.03. The minimum Gasteiger partial charge on any atom is -0.480 e. The Morgan fingerprint density at radius 2 is 2.24 bits per heavy atom. The highest BCUT2D eigenvalue weighted by molar-refractivity contribution is 5.80.